The molecule has 0 radical (unpaired) electrons. The lowest BCUT2D eigenvalue weighted by Crippen LogP contribution is -1.92. The molecule has 0 atom stereocenters. The van der Waals surface area contributed by atoms with Gasteiger partial charge in [-0.2, -0.15) is 0 Å². The number of anilines is 1. The highest BCUT2D eigenvalue weighted by Crippen LogP contribution is 2.24. The summed E-state index contributed by atoms with van der Waals surface area (Å²) in [4.78, 5) is 5.63. The van der Waals surface area contributed by atoms with Crippen molar-refractivity contribution in [3.63, 3.8) is 0 Å². The Morgan fingerprint density at radius 3 is 2.37 bits per heavy atom. The molecule has 2 nitrogen and oxygen atoms in total. The highest BCUT2D eigenvalue weighted by Gasteiger charge is 2.00. The first-order valence-corrected chi connectivity index (χ1v) is 7.53. The largest absolute Gasteiger partial charge is 0.373 e. The molecular formula is C16H20N2S. The average molecular weight is 272 g/mol. The number of nitrogens with zero attached hydrogens (tertiary/aromatic N) is 1. The van der Waals surface area contributed by atoms with Crippen LogP contribution in [0.3, 0.4) is 0 Å². The molecule has 0 aliphatic heterocycles. The maximum atomic E-state index is 4.32. The second kappa shape index (κ2) is 6.62. The molecule has 0 saturated heterocycles. The summed E-state index contributed by atoms with van der Waals surface area (Å²) in [5.74, 6) is 2.46. The molecule has 2 aromatic rings. The van der Waals surface area contributed by atoms with Crippen molar-refractivity contribution in [1.82, 2.24) is 4.98 Å². The van der Waals surface area contributed by atoms with Crippen LogP contribution < -0.4 is 5.32 Å². The van der Waals surface area contributed by atoms with Crippen molar-refractivity contribution in [1.29, 1.82) is 0 Å². The third-order valence-corrected chi connectivity index (χ3v) is 4.12. The molecule has 3 heteroatoms. The molecule has 1 heterocycles. The number of thioether (sulfide) groups is 1. The normalized spacial score (nSPS) is 10.7. The lowest BCUT2D eigenvalue weighted by atomic mass is 10.0. The van der Waals surface area contributed by atoms with E-state index in [2.05, 4.69) is 54.5 Å². The summed E-state index contributed by atoms with van der Waals surface area (Å²) in [6.45, 7) is 4.44. The molecule has 0 aliphatic carbocycles. The van der Waals surface area contributed by atoms with Gasteiger partial charge in [0.15, 0.2) is 0 Å². The van der Waals surface area contributed by atoms with Crippen molar-refractivity contribution >= 4 is 17.6 Å². The number of nitrogens with one attached hydrogen (secondary N) is 1. The summed E-state index contributed by atoms with van der Waals surface area (Å²) in [7, 11) is 1.88. The summed E-state index contributed by atoms with van der Waals surface area (Å²) >= 11 is 1.85. The van der Waals surface area contributed by atoms with E-state index >= 15 is 0 Å². The van der Waals surface area contributed by atoms with Crippen LogP contribution in [0.2, 0.25) is 0 Å². The van der Waals surface area contributed by atoms with Crippen LogP contribution in [0.5, 0.6) is 0 Å². The monoisotopic (exact) mass is 272 g/mol. The summed E-state index contributed by atoms with van der Waals surface area (Å²) in [5.41, 5.74) is 2.64. The smallest absolute Gasteiger partial charge is 0.125 e. The Labute approximate surface area is 119 Å². The van der Waals surface area contributed by atoms with Crippen LogP contribution in [0.25, 0.3) is 0 Å². The maximum Gasteiger partial charge on any atom is 0.125 e. The van der Waals surface area contributed by atoms with Crippen molar-refractivity contribution in [2.24, 2.45) is 0 Å². The highest BCUT2D eigenvalue weighted by molar-refractivity contribution is 7.98. The molecule has 0 unspecified atom stereocenters. The summed E-state index contributed by atoms with van der Waals surface area (Å²) in [5, 5.41) is 3.03. The lowest BCUT2D eigenvalue weighted by molar-refractivity contribution is 0.865. The lowest BCUT2D eigenvalue weighted by Gasteiger charge is -2.07. The fraction of sp³-hybridized carbons (Fsp3) is 0.312. The van der Waals surface area contributed by atoms with E-state index in [0.717, 1.165) is 11.6 Å². The number of pyridine rings is 1. The molecule has 19 heavy (non-hydrogen) atoms. The number of aromatic nitrogens is 1. The Kier molecular flexibility index (Phi) is 4.86. The van der Waals surface area contributed by atoms with Gasteiger partial charge in [-0.1, -0.05) is 32.0 Å². The van der Waals surface area contributed by atoms with Gasteiger partial charge in [0.2, 0.25) is 0 Å². The van der Waals surface area contributed by atoms with Crippen molar-refractivity contribution in [2.45, 2.75) is 30.4 Å². The Hall–Kier alpha value is -1.48. The first-order valence-electron chi connectivity index (χ1n) is 6.54. The van der Waals surface area contributed by atoms with Crippen molar-refractivity contribution < 1.29 is 0 Å². The predicted molar refractivity (Wildman–Crippen MR) is 83.9 cm³/mol. The van der Waals surface area contributed by atoms with Crippen molar-refractivity contribution in [3.8, 4) is 0 Å². The molecule has 0 fully saturated rings. The SMILES string of the molecule is CNc1ccc(CSc2ccc(C(C)C)cc2)cn1. The van der Waals surface area contributed by atoms with Crippen molar-refractivity contribution in [2.75, 3.05) is 12.4 Å². The van der Waals surface area contributed by atoms with Gasteiger partial charge in [-0.25, -0.2) is 4.98 Å². The van der Waals surface area contributed by atoms with Gasteiger partial charge in [-0.3, -0.25) is 0 Å². The Bertz CT molecular complexity index is 503. The van der Waals surface area contributed by atoms with E-state index in [1.807, 2.05) is 31.1 Å². The minimum absolute atomic E-state index is 0.595. The Morgan fingerprint density at radius 2 is 1.84 bits per heavy atom. The van der Waals surface area contributed by atoms with Gasteiger partial charge in [0, 0.05) is 23.9 Å². The fourth-order valence-corrected chi connectivity index (χ4v) is 2.61. The molecule has 100 valence electrons. The van der Waals surface area contributed by atoms with E-state index in [-0.39, 0.29) is 0 Å². The van der Waals surface area contributed by atoms with Gasteiger partial charge in [0.1, 0.15) is 5.82 Å². The summed E-state index contributed by atoms with van der Waals surface area (Å²) in [6.07, 6.45) is 1.93. The minimum Gasteiger partial charge on any atom is -0.373 e. The quantitative estimate of drug-likeness (QED) is 0.809. The molecule has 1 aromatic carbocycles. The third kappa shape index (κ3) is 4.00. The van der Waals surface area contributed by atoms with Crippen LogP contribution in [0.4, 0.5) is 5.82 Å². The summed E-state index contributed by atoms with van der Waals surface area (Å²) < 4.78 is 0. The van der Waals surface area contributed by atoms with E-state index in [1.165, 1.54) is 16.0 Å². The minimum atomic E-state index is 0.595. The molecule has 0 saturated carbocycles. The zero-order chi connectivity index (χ0) is 13.7. The van der Waals surface area contributed by atoms with Crippen LogP contribution >= 0.6 is 11.8 Å². The standard InChI is InChI=1S/C16H20N2S/c1-12(2)14-5-7-15(8-6-14)19-11-13-4-9-16(17-3)18-10-13/h4-10,12H,11H2,1-3H3,(H,17,18). The number of rotatable bonds is 5. The van der Waals surface area contributed by atoms with Crippen molar-refractivity contribution in [3.05, 3.63) is 53.7 Å². The molecule has 2 rings (SSSR count). The van der Waals surface area contributed by atoms with Gasteiger partial charge >= 0.3 is 0 Å². The second-order valence-electron chi connectivity index (χ2n) is 4.81. The van der Waals surface area contributed by atoms with E-state index in [1.54, 1.807) is 0 Å². The maximum absolute atomic E-state index is 4.32. The van der Waals surface area contributed by atoms with Crippen LogP contribution in [-0.4, -0.2) is 12.0 Å². The second-order valence-corrected chi connectivity index (χ2v) is 5.86. The van der Waals surface area contributed by atoms with Gasteiger partial charge in [0.25, 0.3) is 0 Å². The average Bonchev–Trinajstić information content (AvgIpc) is 2.46. The number of benzene rings is 1. The highest BCUT2D eigenvalue weighted by atomic mass is 32.2. The van der Waals surface area contributed by atoms with E-state index in [4.69, 9.17) is 0 Å². The molecule has 0 bridgehead atoms. The van der Waals surface area contributed by atoms with E-state index < -0.39 is 0 Å². The Balaban J connectivity index is 1.94. The molecule has 1 aromatic heterocycles. The molecular weight excluding hydrogens is 252 g/mol. The van der Waals surface area contributed by atoms with E-state index in [9.17, 15) is 0 Å². The van der Waals surface area contributed by atoms with Gasteiger partial charge in [0.05, 0.1) is 0 Å². The summed E-state index contributed by atoms with van der Waals surface area (Å²) in [6, 6.07) is 13.0. The van der Waals surface area contributed by atoms with Gasteiger partial charge in [-0.05, 0) is 35.2 Å². The van der Waals surface area contributed by atoms with E-state index in [0.29, 0.717) is 5.92 Å². The first kappa shape index (κ1) is 13.9. The van der Waals surface area contributed by atoms with Crippen LogP contribution in [0.1, 0.15) is 30.9 Å². The zero-order valence-corrected chi connectivity index (χ0v) is 12.5. The van der Waals surface area contributed by atoms with Crippen LogP contribution in [0.15, 0.2) is 47.5 Å². The molecule has 1 N–H and O–H groups in total. The molecule has 0 amide bonds. The molecule has 0 aliphatic rings. The topological polar surface area (TPSA) is 24.9 Å². The Morgan fingerprint density at radius 1 is 1.11 bits per heavy atom. The molecule has 0 spiro atoms. The fourth-order valence-electron chi connectivity index (χ4n) is 1.77. The van der Waals surface area contributed by atoms with Crippen LogP contribution in [-0.2, 0) is 5.75 Å². The third-order valence-electron chi connectivity index (χ3n) is 3.03. The number of hydrogen-bond donors (Lipinski definition) is 1. The number of hydrogen-bond acceptors (Lipinski definition) is 3. The zero-order valence-electron chi connectivity index (χ0n) is 11.7. The van der Waals surface area contributed by atoms with Crippen LogP contribution in [0, 0.1) is 0 Å². The predicted octanol–water partition coefficient (Wildman–Crippen LogP) is 4.54. The first-order chi connectivity index (χ1) is 9.19. The van der Waals surface area contributed by atoms with Gasteiger partial charge in [-0.15, -0.1) is 11.8 Å². The van der Waals surface area contributed by atoms with Gasteiger partial charge < -0.3 is 5.32 Å².